The van der Waals surface area contributed by atoms with Crippen LogP contribution in [-0.2, 0) is 32.7 Å². The third kappa shape index (κ3) is 30.8. The summed E-state index contributed by atoms with van der Waals surface area (Å²) in [6, 6.07) is 0. The van der Waals surface area contributed by atoms with E-state index in [1.54, 1.807) is 0 Å². The van der Waals surface area contributed by atoms with Crippen molar-refractivity contribution in [2.24, 2.45) is 17.6 Å². The van der Waals surface area contributed by atoms with Gasteiger partial charge in [0.25, 0.3) is 0 Å². The van der Waals surface area contributed by atoms with Gasteiger partial charge >= 0.3 is 19.8 Å². The molecule has 0 rings (SSSR count). The lowest BCUT2D eigenvalue weighted by molar-refractivity contribution is -0.161. The maximum absolute atomic E-state index is 12.5. The van der Waals surface area contributed by atoms with Crippen molar-refractivity contribution in [2.45, 2.75) is 162 Å². The molecule has 0 spiro atoms. The molecule has 256 valence electrons. The van der Waals surface area contributed by atoms with Crippen LogP contribution in [0.3, 0.4) is 0 Å². The van der Waals surface area contributed by atoms with Crippen molar-refractivity contribution in [1.82, 2.24) is 0 Å². The van der Waals surface area contributed by atoms with Crippen LogP contribution < -0.4 is 5.73 Å². The first kappa shape index (κ1) is 42.0. The maximum atomic E-state index is 12.5. The van der Waals surface area contributed by atoms with Gasteiger partial charge in [-0.25, -0.2) is 4.57 Å². The molecular formula is C33H66NO8P. The van der Waals surface area contributed by atoms with Gasteiger partial charge in [-0.3, -0.25) is 18.6 Å². The molecule has 0 aromatic carbocycles. The number of carbonyl (C=O) groups is 2. The van der Waals surface area contributed by atoms with Gasteiger partial charge in [0.1, 0.15) is 6.61 Å². The highest BCUT2D eigenvalue weighted by atomic mass is 31.2. The summed E-state index contributed by atoms with van der Waals surface area (Å²) < 4.78 is 32.5. The molecule has 0 aromatic rings. The number of hydrogen-bond donors (Lipinski definition) is 2. The number of unbranched alkanes of at least 4 members (excludes halogenated alkanes) is 14. The average Bonchev–Trinajstić information content (AvgIpc) is 2.95. The first-order valence-corrected chi connectivity index (χ1v) is 18.7. The lowest BCUT2D eigenvalue weighted by Crippen LogP contribution is -2.29. The number of esters is 2. The lowest BCUT2D eigenvalue weighted by atomic mass is 10.0. The fourth-order valence-corrected chi connectivity index (χ4v) is 5.53. The predicted octanol–water partition coefficient (Wildman–Crippen LogP) is 8.65. The number of rotatable bonds is 31. The van der Waals surface area contributed by atoms with Gasteiger partial charge in [-0.15, -0.1) is 0 Å². The second kappa shape index (κ2) is 28.5. The third-order valence-electron chi connectivity index (χ3n) is 7.35. The topological polar surface area (TPSA) is 134 Å². The molecule has 0 amide bonds. The van der Waals surface area contributed by atoms with Crippen LogP contribution in [0.5, 0.6) is 0 Å². The van der Waals surface area contributed by atoms with E-state index in [0.29, 0.717) is 6.42 Å². The molecule has 0 saturated carbocycles. The Morgan fingerprint density at radius 3 is 1.49 bits per heavy atom. The minimum Gasteiger partial charge on any atom is -0.462 e. The van der Waals surface area contributed by atoms with Crippen LogP contribution in [0.4, 0.5) is 0 Å². The van der Waals surface area contributed by atoms with Gasteiger partial charge in [-0.1, -0.05) is 130 Å². The number of nitrogens with two attached hydrogens (primary N) is 1. The van der Waals surface area contributed by atoms with Crippen molar-refractivity contribution in [3.63, 3.8) is 0 Å². The molecule has 0 heterocycles. The summed E-state index contributed by atoms with van der Waals surface area (Å²) in [5, 5.41) is 0. The zero-order valence-corrected chi connectivity index (χ0v) is 28.9. The van der Waals surface area contributed by atoms with E-state index in [1.165, 1.54) is 77.0 Å². The Kier molecular flexibility index (Phi) is 27.8. The van der Waals surface area contributed by atoms with Gasteiger partial charge in [-0.05, 0) is 24.7 Å². The minimum atomic E-state index is -4.36. The minimum absolute atomic E-state index is 0.0559. The normalized spacial score (nSPS) is 13.8. The third-order valence-corrected chi connectivity index (χ3v) is 8.33. The second-order valence-electron chi connectivity index (χ2n) is 12.7. The van der Waals surface area contributed by atoms with Crippen LogP contribution in [0.15, 0.2) is 0 Å². The van der Waals surface area contributed by atoms with Crippen molar-refractivity contribution in [3.8, 4) is 0 Å². The standard InChI is InChI=1S/C33H66NO8P/c1-29(2)21-17-13-9-6-5-7-11-16-20-24-33(36)42-31(28-41-43(37,38)40-26-25-34)27-39-32(35)23-19-15-12-8-10-14-18-22-30(3)4/h29-31H,5-28,34H2,1-4H3,(H,37,38). The molecule has 2 unspecified atom stereocenters. The highest BCUT2D eigenvalue weighted by Crippen LogP contribution is 2.43. The quantitative estimate of drug-likeness (QED) is 0.0436. The van der Waals surface area contributed by atoms with Crippen molar-refractivity contribution in [2.75, 3.05) is 26.4 Å². The van der Waals surface area contributed by atoms with Crippen LogP contribution >= 0.6 is 7.82 Å². The van der Waals surface area contributed by atoms with Crippen LogP contribution in [-0.4, -0.2) is 49.3 Å². The highest BCUT2D eigenvalue weighted by Gasteiger charge is 2.25. The molecule has 0 aliphatic carbocycles. The number of ether oxygens (including phenoxy) is 2. The maximum Gasteiger partial charge on any atom is 0.472 e. The van der Waals surface area contributed by atoms with Crippen LogP contribution in [0, 0.1) is 11.8 Å². The van der Waals surface area contributed by atoms with E-state index in [1.807, 2.05) is 0 Å². The van der Waals surface area contributed by atoms with Gasteiger partial charge in [-0.2, -0.15) is 0 Å². The molecular weight excluding hydrogens is 569 g/mol. The summed E-state index contributed by atoms with van der Waals surface area (Å²) >= 11 is 0. The van der Waals surface area contributed by atoms with Crippen LogP contribution in [0.25, 0.3) is 0 Å². The fraction of sp³-hybridized carbons (Fsp3) is 0.939. The van der Waals surface area contributed by atoms with Crippen LogP contribution in [0.2, 0.25) is 0 Å². The molecule has 9 nitrogen and oxygen atoms in total. The monoisotopic (exact) mass is 635 g/mol. The van der Waals surface area contributed by atoms with E-state index in [4.69, 9.17) is 24.3 Å². The predicted molar refractivity (Wildman–Crippen MR) is 174 cm³/mol. The largest absolute Gasteiger partial charge is 0.472 e. The Morgan fingerprint density at radius 1 is 0.628 bits per heavy atom. The Labute approximate surface area is 263 Å². The number of carbonyl (C=O) groups excluding carboxylic acids is 2. The van der Waals surface area contributed by atoms with Gasteiger partial charge in [0.15, 0.2) is 6.10 Å². The van der Waals surface area contributed by atoms with Gasteiger partial charge in [0.05, 0.1) is 13.2 Å². The summed E-state index contributed by atoms with van der Waals surface area (Å²) in [4.78, 5) is 34.5. The first-order chi connectivity index (χ1) is 20.6. The summed E-state index contributed by atoms with van der Waals surface area (Å²) in [5.74, 6) is 0.718. The summed E-state index contributed by atoms with van der Waals surface area (Å²) in [6.45, 7) is 8.28. The molecule has 0 bridgehead atoms. The summed E-state index contributed by atoms with van der Waals surface area (Å²) in [7, 11) is -4.36. The van der Waals surface area contributed by atoms with E-state index in [2.05, 4.69) is 27.7 Å². The van der Waals surface area contributed by atoms with E-state index < -0.39 is 26.5 Å². The molecule has 0 aliphatic heterocycles. The molecule has 0 aromatic heterocycles. The molecule has 3 N–H and O–H groups in total. The van der Waals surface area contributed by atoms with E-state index in [9.17, 15) is 19.0 Å². The Balaban J connectivity index is 4.28. The smallest absolute Gasteiger partial charge is 0.462 e. The summed E-state index contributed by atoms with van der Waals surface area (Å²) in [6.07, 6.45) is 20.2. The van der Waals surface area contributed by atoms with Gasteiger partial charge in [0, 0.05) is 19.4 Å². The van der Waals surface area contributed by atoms with Crippen molar-refractivity contribution >= 4 is 19.8 Å². The Morgan fingerprint density at radius 2 is 1.05 bits per heavy atom. The zero-order chi connectivity index (χ0) is 32.2. The van der Waals surface area contributed by atoms with E-state index >= 15 is 0 Å². The van der Waals surface area contributed by atoms with E-state index in [-0.39, 0.29) is 38.6 Å². The Bertz CT molecular complexity index is 719. The molecule has 0 saturated heterocycles. The van der Waals surface area contributed by atoms with Crippen molar-refractivity contribution in [1.29, 1.82) is 0 Å². The molecule has 0 radical (unpaired) electrons. The highest BCUT2D eigenvalue weighted by molar-refractivity contribution is 7.47. The molecule has 43 heavy (non-hydrogen) atoms. The van der Waals surface area contributed by atoms with Gasteiger partial charge in [0.2, 0.25) is 0 Å². The van der Waals surface area contributed by atoms with Crippen molar-refractivity contribution < 1.29 is 37.6 Å². The van der Waals surface area contributed by atoms with Crippen LogP contribution in [0.1, 0.15) is 156 Å². The lowest BCUT2D eigenvalue weighted by Gasteiger charge is -2.19. The molecule has 0 fully saturated rings. The number of phosphoric acid groups is 1. The fourth-order valence-electron chi connectivity index (χ4n) is 4.77. The SMILES string of the molecule is CC(C)CCCCCCCCCCCC(=O)OC(COC(=O)CCCCCCCCCC(C)C)COP(=O)(O)OCCN. The molecule has 2 atom stereocenters. The van der Waals surface area contributed by atoms with Crippen molar-refractivity contribution in [3.05, 3.63) is 0 Å². The van der Waals surface area contributed by atoms with Gasteiger partial charge < -0.3 is 20.1 Å². The molecule has 10 heteroatoms. The first-order valence-electron chi connectivity index (χ1n) is 17.2. The number of hydrogen-bond acceptors (Lipinski definition) is 8. The molecule has 0 aliphatic rings. The zero-order valence-electron chi connectivity index (χ0n) is 28.0. The average molecular weight is 636 g/mol. The van der Waals surface area contributed by atoms with E-state index in [0.717, 1.165) is 43.9 Å². The second-order valence-corrected chi connectivity index (χ2v) is 14.2. The number of phosphoric ester groups is 1. The Hall–Kier alpha value is -0.990. The summed E-state index contributed by atoms with van der Waals surface area (Å²) in [5.41, 5.74) is 5.31.